The zero-order chi connectivity index (χ0) is 14.8. The molecular formula is C12H14N4O3S. The second kappa shape index (κ2) is 5.43. The number of nitrogens with one attached hydrogen (secondary N) is 1. The molecule has 0 fully saturated rings. The first-order valence-corrected chi connectivity index (χ1v) is 7.45. The first-order valence-electron chi connectivity index (χ1n) is 5.74. The molecule has 0 aliphatic carbocycles. The van der Waals surface area contributed by atoms with Gasteiger partial charge in [0, 0.05) is 18.9 Å². The van der Waals surface area contributed by atoms with E-state index in [4.69, 9.17) is 5.14 Å². The van der Waals surface area contributed by atoms with Crippen LogP contribution in [-0.2, 0) is 22.8 Å². The molecule has 1 heterocycles. The van der Waals surface area contributed by atoms with E-state index in [1.54, 1.807) is 37.4 Å². The summed E-state index contributed by atoms with van der Waals surface area (Å²) in [4.78, 5) is 11.9. The van der Waals surface area contributed by atoms with E-state index < -0.39 is 10.0 Å². The van der Waals surface area contributed by atoms with E-state index >= 15 is 0 Å². The van der Waals surface area contributed by atoms with Crippen LogP contribution in [0.25, 0.3) is 0 Å². The van der Waals surface area contributed by atoms with Crippen LogP contribution in [0.2, 0.25) is 0 Å². The molecule has 3 N–H and O–H groups in total. The van der Waals surface area contributed by atoms with Gasteiger partial charge in [0.05, 0.1) is 5.75 Å². The minimum Gasteiger partial charge on any atom is -0.321 e. The highest BCUT2D eigenvalue weighted by molar-refractivity contribution is 7.88. The van der Waals surface area contributed by atoms with Crippen molar-refractivity contribution in [2.75, 3.05) is 5.32 Å². The number of nitrogens with zero attached hydrogens (tertiary/aromatic N) is 2. The number of carbonyl (C=O) groups excluding carboxylic acids is 1. The van der Waals surface area contributed by atoms with E-state index in [1.165, 1.54) is 10.9 Å². The SMILES string of the molecule is Cn1nccc1C(=O)Nc1ccc(CS(N)(=O)=O)cc1. The minimum atomic E-state index is -3.55. The Kier molecular flexibility index (Phi) is 3.86. The highest BCUT2D eigenvalue weighted by atomic mass is 32.2. The van der Waals surface area contributed by atoms with Crippen LogP contribution in [0.3, 0.4) is 0 Å². The number of anilines is 1. The number of hydrogen-bond acceptors (Lipinski definition) is 4. The van der Waals surface area contributed by atoms with Gasteiger partial charge in [0.2, 0.25) is 10.0 Å². The minimum absolute atomic E-state index is 0.233. The van der Waals surface area contributed by atoms with Gasteiger partial charge in [-0.3, -0.25) is 9.48 Å². The van der Waals surface area contributed by atoms with Gasteiger partial charge < -0.3 is 5.32 Å². The van der Waals surface area contributed by atoms with Crippen molar-refractivity contribution in [3.05, 3.63) is 47.8 Å². The van der Waals surface area contributed by atoms with E-state index in [9.17, 15) is 13.2 Å². The molecule has 0 bridgehead atoms. The maximum absolute atomic E-state index is 11.9. The lowest BCUT2D eigenvalue weighted by Crippen LogP contribution is -2.16. The van der Waals surface area contributed by atoms with Crippen molar-refractivity contribution in [2.45, 2.75) is 5.75 Å². The van der Waals surface area contributed by atoms with Gasteiger partial charge in [-0.05, 0) is 23.8 Å². The molecule has 1 aromatic heterocycles. The summed E-state index contributed by atoms with van der Waals surface area (Å²) in [6, 6.07) is 8.04. The molecule has 1 amide bonds. The molecule has 20 heavy (non-hydrogen) atoms. The van der Waals surface area contributed by atoms with Crippen LogP contribution >= 0.6 is 0 Å². The average molecular weight is 294 g/mol. The number of aromatic nitrogens is 2. The Morgan fingerprint density at radius 3 is 2.45 bits per heavy atom. The molecule has 0 unspecified atom stereocenters. The Balaban J connectivity index is 2.08. The lowest BCUT2D eigenvalue weighted by molar-refractivity contribution is 0.101. The maximum Gasteiger partial charge on any atom is 0.273 e. The van der Waals surface area contributed by atoms with Gasteiger partial charge in [-0.1, -0.05) is 12.1 Å². The predicted octanol–water partition coefficient (Wildman–Crippen LogP) is 0.461. The Morgan fingerprint density at radius 1 is 1.30 bits per heavy atom. The summed E-state index contributed by atoms with van der Waals surface area (Å²) < 4.78 is 23.4. The number of rotatable bonds is 4. The summed E-state index contributed by atoms with van der Waals surface area (Å²) in [5, 5.41) is 11.6. The largest absolute Gasteiger partial charge is 0.321 e. The van der Waals surface area contributed by atoms with Crippen LogP contribution in [0, 0.1) is 0 Å². The van der Waals surface area contributed by atoms with Crippen molar-refractivity contribution < 1.29 is 13.2 Å². The zero-order valence-corrected chi connectivity index (χ0v) is 11.6. The Bertz CT molecular complexity index is 719. The van der Waals surface area contributed by atoms with Crippen LogP contribution in [0.15, 0.2) is 36.5 Å². The molecule has 0 radical (unpaired) electrons. The first kappa shape index (κ1) is 14.2. The summed E-state index contributed by atoms with van der Waals surface area (Å²) in [5.74, 6) is -0.521. The summed E-state index contributed by atoms with van der Waals surface area (Å²) in [5.41, 5.74) is 1.55. The maximum atomic E-state index is 11.9. The molecule has 106 valence electrons. The molecule has 0 aliphatic rings. The monoisotopic (exact) mass is 294 g/mol. The number of carbonyl (C=O) groups is 1. The van der Waals surface area contributed by atoms with Crippen molar-refractivity contribution in [3.63, 3.8) is 0 Å². The van der Waals surface area contributed by atoms with Crippen LogP contribution in [0.4, 0.5) is 5.69 Å². The Labute approximate surface area is 116 Å². The topological polar surface area (TPSA) is 107 Å². The van der Waals surface area contributed by atoms with Crippen molar-refractivity contribution in [2.24, 2.45) is 12.2 Å². The van der Waals surface area contributed by atoms with E-state index in [0.29, 0.717) is 16.9 Å². The van der Waals surface area contributed by atoms with Gasteiger partial charge in [-0.25, -0.2) is 13.6 Å². The van der Waals surface area contributed by atoms with Gasteiger partial charge >= 0.3 is 0 Å². The molecule has 7 nitrogen and oxygen atoms in total. The fourth-order valence-electron chi connectivity index (χ4n) is 1.71. The summed E-state index contributed by atoms with van der Waals surface area (Å²) in [6.45, 7) is 0. The lowest BCUT2D eigenvalue weighted by Gasteiger charge is -2.06. The molecule has 0 aliphatic heterocycles. The molecule has 0 spiro atoms. The zero-order valence-electron chi connectivity index (χ0n) is 10.8. The molecular weight excluding hydrogens is 280 g/mol. The van der Waals surface area contributed by atoms with Crippen LogP contribution in [-0.4, -0.2) is 24.1 Å². The second-order valence-electron chi connectivity index (χ2n) is 4.30. The Morgan fingerprint density at radius 2 is 1.95 bits per heavy atom. The number of aryl methyl sites for hydroxylation is 1. The molecule has 2 aromatic rings. The highest BCUT2D eigenvalue weighted by Crippen LogP contribution is 2.12. The molecule has 0 atom stereocenters. The highest BCUT2D eigenvalue weighted by Gasteiger charge is 2.10. The molecule has 2 rings (SSSR count). The van der Waals surface area contributed by atoms with Gasteiger partial charge in [0.25, 0.3) is 5.91 Å². The van der Waals surface area contributed by atoms with E-state index in [2.05, 4.69) is 10.4 Å². The van der Waals surface area contributed by atoms with Crippen LogP contribution in [0.5, 0.6) is 0 Å². The number of hydrogen-bond donors (Lipinski definition) is 2. The van der Waals surface area contributed by atoms with Gasteiger partial charge in [-0.15, -0.1) is 0 Å². The van der Waals surface area contributed by atoms with Gasteiger partial charge in [-0.2, -0.15) is 5.10 Å². The van der Waals surface area contributed by atoms with Gasteiger partial charge in [0.15, 0.2) is 0 Å². The number of benzene rings is 1. The third kappa shape index (κ3) is 3.65. The van der Waals surface area contributed by atoms with E-state index in [1.807, 2.05) is 0 Å². The number of primary sulfonamides is 1. The molecule has 1 aromatic carbocycles. The average Bonchev–Trinajstić information content (AvgIpc) is 2.76. The Hall–Kier alpha value is -2.19. The van der Waals surface area contributed by atoms with Crippen molar-refractivity contribution in [3.8, 4) is 0 Å². The van der Waals surface area contributed by atoms with Gasteiger partial charge in [0.1, 0.15) is 5.69 Å². The summed E-state index contributed by atoms with van der Waals surface area (Å²) in [7, 11) is -1.88. The second-order valence-corrected chi connectivity index (χ2v) is 5.91. The standard InChI is InChI=1S/C12H14N4O3S/c1-16-11(6-7-14-16)12(17)15-10-4-2-9(3-5-10)8-20(13,18)19/h2-7H,8H2,1H3,(H,15,17)(H2,13,18,19). The number of sulfonamides is 1. The van der Waals surface area contributed by atoms with Crippen molar-refractivity contribution in [1.29, 1.82) is 0 Å². The smallest absolute Gasteiger partial charge is 0.273 e. The molecule has 0 saturated heterocycles. The predicted molar refractivity (Wildman–Crippen MR) is 74.4 cm³/mol. The van der Waals surface area contributed by atoms with Crippen molar-refractivity contribution in [1.82, 2.24) is 9.78 Å². The number of amides is 1. The van der Waals surface area contributed by atoms with Crippen molar-refractivity contribution >= 4 is 21.6 Å². The van der Waals surface area contributed by atoms with Crippen LogP contribution in [0.1, 0.15) is 16.1 Å². The fourth-order valence-corrected chi connectivity index (χ4v) is 2.37. The summed E-state index contributed by atoms with van der Waals surface area (Å²) in [6.07, 6.45) is 1.53. The third-order valence-electron chi connectivity index (χ3n) is 2.63. The third-order valence-corrected chi connectivity index (χ3v) is 3.37. The normalized spacial score (nSPS) is 11.3. The van der Waals surface area contributed by atoms with Crippen LogP contribution < -0.4 is 10.5 Å². The summed E-state index contributed by atoms with van der Waals surface area (Å²) >= 11 is 0. The first-order chi connectivity index (χ1) is 9.35. The molecule has 8 heteroatoms. The number of nitrogens with two attached hydrogens (primary N) is 1. The fraction of sp³-hybridized carbons (Fsp3) is 0.167. The van der Waals surface area contributed by atoms with E-state index in [0.717, 1.165) is 0 Å². The molecule has 0 saturated carbocycles. The van der Waals surface area contributed by atoms with E-state index in [-0.39, 0.29) is 11.7 Å². The lowest BCUT2D eigenvalue weighted by atomic mass is 10.2. The quantitative estimate of drug-likeness (QED) is 0.854.